The lowest BCUT2D eigenvalue weighted by atomic mass is 9.79. The van der Waals surface area contributed by atoms with Crippen molar-refractivity contribution in [2.24, 2.45) is 17.6 Å². The van der Waals surface area contributed by atoms with Crippen LogP contribution in [0.3, 0.4) is 0 Å². The molecule has 1 fully saturated rings. The van der Waals surface area contributed by atoms with Gasteiger partial charge < -0.3 is 11.1 Å². The van der Waals surface area contributed by atoms with Crippen molar-refractivity contribution in [3.8, 4) is 0 Å². The van der Waals surface area contributed by atoms with E-state index in [2.05, 4.69) is 19.2 Å². The van der Waals surface area contributed by atoms with Gasteiger partial charge in [0.15, 0.2) is 0 Å². The fraction of sp³-hybridized carbons (Fsp3) is 0.909. The molecular formula is C11H22N2O. The van der Waals surface area contributed by atoms with Crippen molar-refractivity contribution < 1.29 is 4.79 Å². The summed E-state index contributed by atoms with van der Waals surface area (Å²) in [6.45, 7) is 5.37. The summed E-state index contributed by atoms with van der Waals surface area (Å²) in [7, 11) is 0. The first-order chi connectivity index (χ1) is 6.59. The van der Waals surface area contributed by atoms with Crippen molar-refractivity contribution in [3.05, 3.63) is 0 Å². The van der Waals surface area contributed by atoms with Crippen molar-refractivity contribution in [2.75, 3.05) is 6.54 Å². The molecule has 3 atom stereocenters. The third-order valence-corrected chi connectivity index (χ3v) is 3.40. The summed E-state index contributed by atoms with van der Waals surface area (Å²) in [5.41, 5.74) is 5.08. The van der Waals surface area contributed by atoms with Crippen molar-refractivity contribution in [3.63, 3.8) is 0 Å². The maximum Gasteiger partial charge on any atom is 0.218 e. The Labute approximate surface area is 86.4 Å². The van der Waals surface area contributed by atoms with Gasteiger partial charge in [0, 0.05) is 19.0 Å². The summed E-state index contributed by atoms with van der Waals surface area (Å²) in [6, 6.07) is 0.598. The zero-order valence-corrected chi connectivity index (χ0v) is 9.25. The van der Waals surface area contributed by atoms with Crippen LogP contribution < -0.4 is 11.1 Å². The minimum absolute atomic E-state index is 0.213. The van der Waals surface area contributed by atoms with Crippen LogP contribution in [0.5, 0.6) is 0 Å². The number of hydrogen-bond donors (Lipinski definition) is 2. The summed E-state index contributed by atoms with van der Waals surface area (Å²) in [4.78, 5) is 10.5. The van der Waals surface area contributed by atoms with E-state index in [0.717, 1.165) is 18.4 Å². The Morgan fingerprint density at radius 3 is 2.64 bits per heavy atom. The van der Waals surface area contributed by atoms with Gasteiger partial charge in [-0.25, -0.2) is 0 Å². The van der Waals surface area contributed by atoms with Crippen LogP contribution in [0.1, 0.15) is 39.5 Å². The molecule has 3 unspecified atom stereocenters. The number of amides is 1. The van der Waals surface area contributed by atoms with Crippen molar-refractivity contribution in [1.82, 2.24) is 5.32 Å². The van der Waals surface area contributed by atoms with E-state index in [1.165, 1.54) is 19.3 Å². The molecule has 0 heterocycles. The van der Waals surface area contributed by atoms with Crippen LogP contribution in [0.25, 0.3) is 0 Å². The average Bonchev–Trinajstić information content (AvgIpc) is 2.10. The Balaban J connectivity index is 2.16. The normalized spacial score (nSPS) is 32.9. The highest BCUT2D eigenvalue weighted by Gasteiger charge is 2.23. The minimum Gasteiger partial charge on any atom is -0.370 e. The Morgan fingerprint density at radius 1 is 1.36 bits per heavy atom. The van der Waals surface area contributed by atoms with Gasteiger partial charge in [-0.1, -0.05) is 13.8 Å². The minimum atomic E-state index is -0.213. The number of carbonyl (C=O) groups is 1. The molecular weight excluding hydrogens is 176 g/mol. The largest absolute Gasteiger partial charge is 0.370 e. The van der Waals surface area contributed by atoms with Crippen LogP contribution in [0, 0.1) is 11.8 Å². The van der Waals surface area contributed by atoms with Gasteiger partial charge in [-0.3, -0.25) is 4.79 Å². The highest BCUT2D eigenvalue weighted by Crippen LogP contribution is 2.29. The van der Waals surface area contributed by atoms with E-state index in [-0.39, 0.29) is 5.91 Å². The number of primary amides is 1. The molecule has 3 heteroatoms. The number of nitrogens with two attached hydrogens (primary N) is 1. The predicted molar refractivity (Wildman–Crippen MR) is 57.8 cm³/mol. The van der Waals surface area contributed by atoms with E-state index >= 15 is 0 Å². The summed E-state index contributed by atoms with van der Waals surface area (Å²) < 4.78 is 0. The van der Waals surface area contributed by atoms with Gasteiger partial charge in [0.05, 0.1) is 0 Å². The van der Waals surface area contributed by atoms with Crippen LogP contribution >= 0.6 is 0 Å². The molecule has 0 radical (unpaired) electrons. The molecule has 0 aliphatic heterocycles. The zero-order valence-electron chi connectivity index (χ0n) is 9.25. The quantitative estimate of drug-likeness (QED) is 0.715. The summed E-state index contributed by atoms with van der Waals surface area (Å²) >= 11 is 0. The lowest BCUT2D eigenvalue weighted by Gasteiger charge is -2.32. The van der Waals surface area contributed by atoms with Gasteiger partial charge in [0.25, 0.3) is 0 Å². The molecule has 1 amide bonds. The fourth-order valence-corrected chi connectivity index (χ4v) is 2.13. The molecule has 14 heavy (non-hydrogen) atoms. The lowest BCUT2D eigenvalue weighted by molar-refractivity contribution is -0.117. The van der Waals surface area contributed by atoms with E-state index in [1.807, 2.05) is 0 Å². The first-order valence-corrected chi connectivity index (χ1v) is 5.61. The van der Waals surface area contributed by atoms with E-state index in [9.17, 15) is 4.79 Å². The van der Waals surface area contributed by atoms with Gasteiger partial charge in [-0.2, -0.15) is 0 Å². The Kier molecular flexibility index (Phi) is 4.39. The molecule has 0 saturated heterocycles. The Bertz CT molecular complexity index is 194. The third-order valence-electron chi connectivity index (χ3n) is 3.40. The first-order valence-electron chi connectivity index (χ1n) is 5.61. The second kappa shape index (κ2) is 5.35. The molecule has 1 aliphatic carbocycles. The number of hydrogen-bond acceptors (Lipinski definition) is 2. The Hall–Kier alpha value is -0.570. The molecule has 0 spiro atoms. The molecule has 1 saturated carbocycles. The first kappa shape index (κ1) is 11.5. The van der Waals surface area contributed by atoms with Gasteiger partial charge in [-0.05, 0) is 31.1 Å². The molecule has 0 aromatic heterocycles. The van der Waals surface area contributed by atoms with E-state index < -0.39 is 0 Å². The van der Waals surface area contributed by atoms with Gasteiger partial charge in [0.1, 0.15) is 0 Å². The van der Waals surface area contributed by atoms with Crippen LogP contribution in [0.4, 0.5) is 0 Å². The van der Waals surface area contributed by atoms with Crippen molar-refractivity contribution in [2.45, 2.75) is 45.6 Å². The second-order valence-corrected chi connectivity index (χ2v) is 4.63. The summed E-state index contributed by atoms with van der Waals surface area (Å²) in [5.74, 6) is 1.44. The van der Waals surface area contributed by atoms with Crippen LogP contribution in [-0.4, -0.2) is 18.5 Å². The van der Waals surface area contributed by atoms with Crippen molar-refractivity contribution >= 4 is 5.91 Å². The van der Waals surface area contributed by atoms with Crippen LogP contribution in [0.2, 0.25) is 0 Å². The highest BCUT2D eigenvalue weighted by atomic mass is 16.1. The van der Waals surface area contributed by atoms with E-state index in [4.69, 9.17) is 5.73 Å². The molecule has 0 aromatic rings. The topological polar surface area (TPSA) is 55.1 Å². The van der Waals surface area contributed by atoms with Gasteiger partial charge in [-0.15, -0.1) is 0 Å². The van der Waals surface area contributed by atoms with Gasteiger partial charge in [0.2, 0.25) is 5.91 Å². The van der Waals surface area contributed by atoms with E-state index in [1.54, 1.807) is 0 Å². The molecule has 82 valence electrons. The maximum absolute atomic E-state index is 10.5. The standard InChI is InChI=1S/C11H22N2O/c1-8-3-4-10(7-9(8)2)13-6-5-11(12)14/h8-10,13H,3-7H2,1-2H3,(H2,12,14). The smallest absolute Gasteiger partial charge is 0.218 e. The maximum atomic E-state index is 10.5. The van der Waals surface area contributed by atoms with Gasteiger partial charge >= 0.3 is 0 Å². The molecule has 0 bridgehead atoms. The summed E-state index contributed by atoms with van der Waals surface area (Å²) in [5, 5.41) is 3.40. The molecule has 3 nitrogen and oxygen atoms in total. The number of carbonyl (C=O) groups excluding carboxylic acids is 1. The van der Waals surface area contributed by atoms with Crippen LogP contribution in [0.15, 0.2) is 0 Å². The predicted octanol–water partition coefficient (Wildman–Crippen LogP) is 1.28. The monoisotopic (exact) mass is 198 g/mol. The Morgan fingerprint density at radius 2 is 2.07 bits per heavy atom. The second-order valence-electron chi connectivity index (χ2n) is 4.63. The third kappa shape index (κ3) is 3.66. The fourth-order valence-electron chi connectivity index (χ4n) is 2.13. The average molecular weight is 198 g/mol. The number of rotatable bonds is 4. The van der Waals surface area contributed by atoms with E-state index in [0.29, 0.717) is 12.5 Å². The molecule has 0 aromatic carbocycles. The van der Waals surface area contributed by atoms with Crippen molar-refractivity contribution in [1.29, 1.82) is 0 Å². The molecule has 3 N–H and O–H groups in total. The lowest BCUT2D eigenvalue weighted by Crippen LogP contribution is -2.37. The molecule has 1 rings (SSSR count). The number of nitrogens with one attached hydrogen (secondary N) is 1. The SMILES string of the molecule is CC1CCC(NCCC(N)=O)CC1C. The summed E-state index contributed by atoms with van der Waals surface area (Å²) in [6.07, 6.45) is 4.24. The molecule has 1 aliphatic rings. The highest BCUT2D eigenvalue weighted by molar-refractivity contribution is 5.73. The zero-order chi connectivity index (χ0) is 10.6. The van der Waals surface area contributed by atoms with Crippen LogP contribution in [-0.2, 0) is 4.79 Å².